The molecule has 0 aliphatic carbocycles. The van der Waals surface area contributed by atoms with Gasteiger partial charge in [-0.25, -0.2) is 15.8 Å². The average Bonchev–Trinajstić information content (AvgIpc) is 3.02. The monoisotopic (exact) mass is 295 g/mol. The molecule has 3 N–H and O–H groups in total. The van der Waals surface area contributed by atoms with Crippen LogP contribution >= 0.6 is 11.8 Å². The van der Waals surface area contributed by atoms with Crippen LogP contribution in [0.4, 0.5) is 5.82 Å². The Bertz CT molecular complexity index is 833. The third-order valence-electron chi connectivity index (χ3n) is 3.58. The van der Waals surface area contributed by atoms with Crippen LogP contribution in [-0.2, 0) is 11.5 Å². The number of hydrazine groups is 1. The van der Waals surface area contributed by atoms with E-state index in [-0.39, 0.29) is 0 Å². The highest BCUT2D eigenvalue weighted by Gasteiger charge is 2.19. The van der Waals surface area contributed by atoms with Gasteiger partial charge in [-0.15, -0.1) is 0 Å². The summed E-state index contributed by atoms with van der Waals surface area (Å²) in [4.78, 5) is 13.6. The lowest BCUT2D eigenvalue weighted by Crippen LogP contribution is -2.12. The summed E-state index contributed by atoms with van der Waals surface area (Å²) in [5.41, 5.74) is 6.84. The molecule has 2 aromatic heterocycles. The summed E-state index contributed by atoms with van der Waals surface area (Å²) in [6.45, 7) is 0. The predicted molar refractivity (Wildman–Crippen MR) is 85.6 cm³/mol. The van der Waals surface area contributed by atoms with E-state index in [0.29, 0.717) is 5.82 Å². The van der Waals surface area contributed by atoms with Gasteiger partial charge in [0.15, 0.2) is 5.82 Å². The second-order valence-electron chi connectivity index (χ2n) is 4.87. The molecule has 0 radical (unpaired) electrons. The number of nitrogen functional groups attached to an aromatic ring is 1. The molecule has 3 aromatic rings. The molecule has 0 atom stereocenters. The van der Waals surface area contributed by atoms with Crippen molar-refractivity contribution in [3.8, 4) is 11.4 Å². The first-order chi connectivity index (χ1) is 10.3. The Kier molecular flexibility index (Phi) is 2.98. The summed E-state index contributed by atoms with van der Waals surface area (Å²) < 4.78 is 0. The van der Waals surface area contributed by atoms with E-state index in [1.54, 1.807) is 6.20 Å². The van der Waals surface area contributed by atoms with Crippen LogP contribution in [0.15, 0.2) is 36.5 Å². The summed E-state index contributed by atoms with van der Waals surface area (Å²) in [5.74, 6) is 8.86. The fourth-order valence-corrected chi connectivity index (χ4v) is 3.56. The number of hydrogen-bond acceptors (Lipinski definition) is 6. The van der Waals surface area contributed by atoms with E-state index in [1.807, 2.05) is 36.0 Å². The van der Waals surface area contributed by atoms with Crippen molar-refractivity contribution in [3.63, 3.8) is 0 Å². The molecular weight excluding hydrogens is 282 g/mol. The van der Waals surface area contributed by atoms with Crippen molar-refractivity contribution < 1.29 is 0 Å². The van der Waals surface area contributed by atoms with E-state index in [0.717, 1.165) is 45.0 Å². The van der Waals surface area contributed by atoms with Crippen molar-refractivity contribution in [1.82, 2.24) is 15.0 Å². The Hall–Kier alpha value is -2.18. The largest absolute Gasteiger partial charge is 0.308 e. The highest BCUT2D eigenvalue weighted by Crippen LogP contribution is 2.34. The Balaban J connectivity index is 1.88. The summed E-state index contributed by atoms with van der Waals surface area (Å²) >= 11 is 1.83. The average molecular weight is 295 g/mol. The second-order valence-corrected chi connectivity index (χ2v) is 5.85. The number of nitrogens with two attached hydrogens (primary N) is 1. The lowest BCUT2D eigenvalue weighted by Gasteiger charge is -2.09. The number of benzene rings is 1. The molecule has 21 heavy (non-hydrogen) atoms. The number of thioether (sulfide) groups is 1. The van der Waals surface area contributed by atoms with Crippen LogP contribution in [0.25, 0.3) is 22.3 Å². The quantitative estimate of drug-likeness (QED) is 0.559. The predicted octanol–water partition coefficient (Wildman–Crippen LogP) is 2.72. The van der Waals surface area contributed by atoms with Crippen LogP contribution < -0.4 is 11.3 Å². The van der Waals surface area contributed by atoms with Gasteiger partial charge in [0, 0.05) is 34.2 Å². The zero-order valence-electron chi connectivity index (χ0n) is 11.2. The topological polar surface area (TPSA) is 76.7 Å². The van der Waals surface area contributed by atoms with Crippen molar-refractivity contribution in [2.45, 2.75) is 11.5 Å². The molecule has 4 rings (SSSR count). The molecule has 104 valence electrons. The minimum Gasteiger partial charge on any atom is -0.308 e. The van der Waals surface area contributed by atoms with Gasteiger partial charge in [-0.05, 0) is 24.3 Å². The Morgan fingerprint density at radius 1 is 1.14 bits per heavy atom. The van der Waals surface area contributed by atoms with Gasteiger partial charge in [-0.2, -0.15) is 11.8 Å². The molecule has 0 saturated carbocycles. The smallest absolute Gasteiger partial charge is 0.161 e. The fourth-order valence-electron chi connectivity index (χ4n) is 2.51. The molecule has 1 aliphatic rings. The van der Waals surface area contributed by atoms with Crippen LogP contribution in [0.2, 0.25) is 0 Å². The van der Waals surface area contributed by atoms with E-state index >= 15 is 0 Å². The Morgan fingerprint density at radius 3 is 3.00 bits per heavy atom. The number of aromatic nitrogens is 3. The molecule has 0 saturated heterocycles. The minimum absolute atomic E-state index is 0.704. The van der Waals surface area contributed by atoms with Gasteiger partial charge in [0.2, 0.25) is 0 Å². The third kappa shape index (κ3) is 2.12. The molecule has 3 heterocycles. The molecule has 5 nitrogen and oxygen atoms in total. The van der Waals surface area contributed by atoms with E-state index in [4.69, 9.17) is 10.8 Å². The molecular formula is C15H13N5S. The van der Waals surface area contributed by atoms with Gasteiger partial charge in [-0.1, -0.05) is 6.07 Å². The lowest BCUT2D eigenvalue weighted by atomic mass is 10.1. The van der Waals surface area contributed by atoms with Crippen LogP contribution in [0.3, 0.4) is 0 Å². The lowest BCUT2D eigenvalue weighted by molar-refractivity contribution is 1.06. The van der Waals surface area contributed by atoms with Gasteiger partial charge < -0.3 is 5.43 Å². The van der Waals surface area contributed by atoms with Crippen LogP contribution in [0, 0.1) is 0 Å². The number of anilines is 1. The number of nitrogens with zero attached hydrogens (tertiary/aromatic N) is 3. The van der Waals surface area contributed by atoms with E-state index in [1.165, 1.54) is 0 Å². The van der Waals surface area contributed by atoms with Gasteiger partial charge in [-0.3, -0.25) is 4.98 Å². The molecule has 6 heteroatoms. The zero-order chi connectivity index (χ0) is 14.2. The number of rotatable bonds is 2. The number of fused-ring (bicyclic) bond motifs is 2. The first kappa shape index (κ1) is 12.6. The van der Waals surface area contributed by atoms with Gasteiger partial charge in [0.1, 0.15) is 5.82 Å². The maximum Gasteiger partial charge on any atom is 0.161 e. The van der Waals surface area contributed by atoms with Crippen molar-refractivity contribution in [3.05, 3.63) is 47.8 Å². The van der Waals surface area contributed by atoms with Crippen LogP contribution in [-0.4, -0.2) is 15.0 Å². The second kappa shape index (κ2) is 4.98. The molecule has 0 spiro atoms. The highest BCUT2D eigenvalue weighted by molar-refractivity contribution is 7.98. The standard InChI is InChI=1S/C15H13N5S/c16-20-15-11-7-21-8-13(11)18-14(19-15)10-3-4-12-9(6-10)2-1-5-17-12/h1-6H,7-8,16H2,(H,18,19,20). The number of pyridine rings is 1. The summed E-state index contributed by atoms with van der Waals surface area (Å²) in [7, 11) is 0. The van der Waals surface area contributed by atoms with Gasteiger partial charge in [0.25, 0.3) is 0 Å². The van der Waals surface area contributed by atoms with Crippen LogP contribution in [0.5, 0.6) is 0 Å². The normalized spacial score (nSPS) is 13.4. The maximum absolute atomic E-state index is 5.60. The molecule has 1 aromatic carbocycles. The van der Waals surface area contributed by atoms with E-state index in [2.05, 4.69) is 21.5 Å². The molecule has 0 amide bonds. The van der Waals surface area contributed by atoms with Crippen molar-refractivity contribution in [1.29, 1.82) is 0 Å². The summed E-state index contributed by atoms with van der Waals surface area (Å²) in [6, 6.07) is 10.0. The van der Waals surface area contributed by atoms with Gasteiger partial charge >= 0.3 is 0 Å². The third-order valence-corrected chi connectivity index (χ3v) is 4.55. The maximum atomic E-state index is 5.60. The first-order valence-electron chi connectivity index (χ1n) is 6.64. The van der Waals surface area contributed by atoms with E-state index in [9.17, 15) is 0 Å². The molecule has 0 bridgehead atoms. The Labute approximate surface area is 126 Å². The number of nitrogens with one attached hydrogen (secondary N) is 1. The fraction of sp³-hybridized carbons (Fsp3) is 0.133. The van der Waals surface area contributed by atoms with E-state index < -0.39 is 0 Å². The molecule has 1 aliphatic heterocycles. The minimum atomic E-state index is 0.704. The highest BCUT2D eigenvalue weighted by atomic mass is 32.2. The van der Waals surface area contributed by atoms with Gasteiger partial charge in [0.05, 0.1) is 11.2 Å². The number of hydrogen-bond donors (Lipinski definition) is 2. The molecule has 0 unspecified atom stereocenters. The van der Waals surface area contributed by atoms with Crippen molar-refractivity contribution in [2.75, 3.05) is 5.43 Å². The SMILES string of the molecule is NNc1nc(-c2ccc3ncccc3c2)nc2c1CSC2. The first-order valence-corrected chi connectivity index (χ1v) is 7.80. The molecule has 0 fully saturated rings. The zero-order valence-corrected chi connectivity index (χ0v) is 12.0. The van der Waals surface area contributed by atoms with Crippen molar-refractivity contribution in [2.24, 2.45) is 5.84 Å². The summed E-state index contributed by atoms with van der Waals surface area (Å²) in [6.07, 6.45) is 1.79. The van der Waals surface area contributed by atoms with Crippen LogP contribution in [0.1, 0.15) is 11.3 Å². The van der Waals surface area contributed by atoms with Crippen molar-refractivity contribution >= 4 is 28.5 Å². The summed E-state index contributed by atoms with van der Waals surface area (Å²) in [5, 5.41) is 1.08. The Morgan fingerprint density at radius 2 is 2.10 bits per heavy atom.